The Morgan fingerprint density at radius 2 is 1.59 bits per heavy atom. The predicted octanol–water partition coefficient (Wildman–Crippen LogP) is -3.18. The van der Waals surface area contributed by atoms with Gasteiger partial charge in [0.05, 0.1) is 25.2 Å². The molecule has 0 aliphatic carbocycles. The Labute approximate surface area is 194 Å². The van der Waals surface area contributed by atoms with E-state index in [0.717, 1.165) is 0 Å². The monoisotopic (exact) mass is 483 g/mol. The second-order valence-corrected chi connectivity index (χ2v) is 7.85. The van der Waals surface area contributed by atoms with Crippen molar-refractivity contribution in [3.05, 3.63) is 18.2 Å². The van der Waals surface area contributed by atoms with Gasteiger partial charge in [-0.2, -0.15) is 0 Å². The van der Waals surface area contributed by atoms with Crippen molar-refractivity contribution in [3.8, 4) is 0 Å². The van der Waals surface area contributed by atoms with Crippen LogP contribution in [-0.4, -0.2) is 79.9 Å². The Balaban J connectivity index is 2.92. The molecule has 1 aromatic rings. The number of primary amides is 1. The van der Waals surface area contributed by atoms with Gasteiger partial charge in [0.2, 0.25) is 23.6 Å². The SMILES string of the molecule is CC(C)C(NC(=O)C(N)Cc1cnc[nH]1)C(=O)NC(CC(=O)O)C(=O)NC(CC(N)=O)C(=O)O. The summed E-state index contributed by atoms with van der Waals surface area (Å²) in [5, 5.41) is 24.9. The largest absolute Gasteiger partial charge is 0.481 e. The summed E-state index contributed by atoms with van der Waals surface area (Å²) in [6, 6.07) is -5.64. The van der Waals surface area contributed by atoms with Crippen LogP contribution in [0.2, 0.25) is 0 Å². The minimum Gasteiger partial charge on any atom is -0.481 e. The zero-order valence-electron chi connectivity index (χ0n) is 18.6. The summed E-state index contributed by atoms with van der Waals surface area (Å²) in [7, 11) is 0. The van der Waals surface area contributed by atoms with E-state index in [1.54, 1.807) is 13.8 Å². The molecule has 15 heteroatoms. The lowest BCUT2D eigenvalue weighted by molar-refractivity contribution is -0.145. The van der Waals surface area contributed by atoms with Crippen LogP contribution in [0.4, 0.5) is 0 Å². The highest BCUT2D eigenvalue weighted by Gasteiger charge is 2.33. The van der Waals surface area contributed by atoms with Crippen molar-refractivity contribution < 1.29 is 39.0 Å². The van der Waals surface area contributed by atoms with Crippen LogP contribution in [0.25, 0.3) is 0 Å². The molecule has 0 radical (unpaired) electrons. The van der Waals surface area contributed by atoms with Gasteiger partial charge in [-0.05, 0) is 5.92 Å². The topological polar surface area (TPSA) is 260 Å². The Morgan fingerprint density at radius 3 is 2.06 bits per heavy atom. The van der Waals surface area contributed by atoms with E-state index in [1.165, 1.54) is 12.5 Å². The Morgan fingerprint density at radius 1 is 0.971 bits per heavy atom. The molecular formula is C19H29N7O8. The number of aromatic nitrogens is 2. The van der Waals surface area contributed by atoms with Gasteiger partial charge in [-0.15, -0.1) is 0 Å². The highest BCUT2D eigenvalue weighted by atomic mass is 16.4. The van der Waals surface area contributed by atoms with Gasteiger partial charge in [0.15, 0.2) is 0 Å². The molecule has 188 valence electrons. The van der Waals surface area contributed by atoms with Gasteiger partial charge in [-0.1, -0.05) is 13.8 Å². The number of carbonyl (C=O) groups is 6. The molecule has 0 fully saturated rings. The number of aromatic amines is 1. The number of nitrogens with two attached hydrogens (primary N) is 2. The molecule has 0 bridgehead atoms. The van der Waals surface area contributed by atoms with E-state index in [9.17, 15) is 28.8 Å². The van der Waals surface area contributed by atoms with Crippen LogP contribution in [0.5, 0.6) is 0 Å². The highest BCUT2D eigenvalue weighted by molar-refractivity contribution is 5.96. The van der Waals surface area contributed by atoms with Gasteiger partial charge in [0, 0.05) is 18.3 Å². The summed E-state index contributed by atoms with van der Waals surface area (Å²) in [5.41, 5.74) is 11.4. The predicted molar refractivity (Wildman–Crippen MR) is 115 cm³/mol. The normalized spacial score (nSPS) is 14.4. The first-order chi connectivity index (χ1) is 15.8. The Kier molecular flexibility index (Phi) is 10.6. The number of hydrogen-bond donors (Lipinski definition) is 8. The maximum atomic E-state index is 12.8. The van der Waals surface area contributed by atoms with Crippen molar-refractivity contribution in [2.24, 2.45) is 17.4 Å². The lowest BCUT2D eigenvalue weighted by Crippen LogP contribution is -2.59. The van der Waals surface area contributed by atoms with Crippen LogP contribution in [-0.2, 0) is 35.2 Å². The van der Waals surface area contributed by atoms with E-state index in [1.807, 2.05) is 5.32 Å². The van der Waals surface area contributed by atoms with E-state index < -0.39 is 78.5 Å². The van der Waals surface area contributed by atoms with Crippen LogP contribution >= 0.6 is 0 Å². The molecule has 4 unspecified atom stereocenters. The van der Waals surface area contributed by atoms with E-state index >= 15 is 0 Å². The van der Waals surface area contributed by atoms with E-state index in [4.69, 9.17) is 21.7 Å². The molecule has 4 amide bonds. The molecule has 0 aliphatic heterocycles. The van der Waals surface area contributed by atoms with Crippen molar-refractivity contribution in [1.82, 2.24) is 25.9 Å². The summed E-state index contributed by atoms with van der Waals surface area (Å²) in [5.74, 6) is -7.26. The van der Waals surface area contributed by atoms with Crippen LogP contribution in [0.3, 0.4) is 0 Å². The second kappa shape index (κ2) is 12.9. The maximum Gasteiger partial charge on any atom is 0.326 e. The van der Waals surface area contributed by atoms with Crippen molar-refractivity contribution in [2.75, 3.05) is 0 Å². The number of hydrogen-bond acceptors (Lipinski definition) is 8. The van der Waals surface area contributed by atoms with Crippen LogP contribution in [0, 0.1) is 5.92 Å². The number of nitrogens with one attached hydrogen (secondary N) is 4. The van der Waals surface area contributed by atoms with Gasteiger partial charge in [0.1, 0.15) is 18.1 Å². The number of aliphatic carboxylic acids is 2. The van der Waals surface area contributed by atoms with Crippen LogP contribution < -0.4 is 27.4 Å². The molecule has 0 saturated carbocycles. The summed E-state index contributed by atoms with van der Waals surface area (Å²) < 4.78 is 0. The fourth-order valence-electron chi connectivity index (χ4n) is 2.84. The number of imidazole rings is 1. The van der Waals surface area contributed by atoms with Gasteiger partial charge >= 0.3 is 11.9 Å². The number of H-pyrrole nitrogens is 1. The summed E-state index contributed by atoms with van der Waals surface area (Å²) in [6.07, 6.45) is 1.37. The minimum atomic E-state index is -1.72. The maximum absolute atomic E-state index is 12.8. The van der Waals surface area contributed by atoms with Gasteiger partial charge < -0.3 is 42.6 Å². The number of rotatable bonds is 14. The zero-order valence-corrected chi connectivity index (χ0v) is 18.6. The van der Waals surface area contributed by atoms with Crippen molar-refractivity contribution in [2.45, 2.75) is 57.3 Å². The fraction of sp³-hybridized carbons (Fsp3) is 0.526. The van der Waals surface area contributed by atoms with Gasteiger partial charge in [0.25, 0.3) is 0 Å². The Hall–Kier alpha value is -4.01. The first-order valence-electron chi connectivity index (χ1n) is 10.2. The molecule has 1 rings (SSSR count). The fourth-order valence-corrected chi connectivity index (χ4v) is 2.84. The Bertz CT molecular complexity index is 902. The van der Waals surface area contributed by atoms with Crippen molar-refractivity contribution in [3.63, 3.8) is 0 Å². The lowest BCUT2D eigenvalue weighted by atomic mass is 10.0. The molecule has 10 N–H and O–H groups in total. The number of nitrogens with zero attached hydrogens (tertiary/aromatic N) is 1. The molecule has 15 nitrogen and oxygen atoms in total. The van der Waals surface area contributed by atoms with Crippen LogP contribution in [0.15, 0.2) is 12.5 Å². The third kappa shape index (κ3) is 9.23. The standard InChI is InChI=1S/C19H29N7O8/c1-8(2)15(26-16(30)10(20)3-9-6-22-7-23-9)18(32)24-11(5-14(28)29)17(31)25-12(19(33)34)4-13(21)27/h6-8,10-12,15H,3-5,20H2,1-2H3,(H2,21,27)(H,22,23)(H,24,32)(H,25,31)(H,26,30)(H,28,29)(H,33,34). The van der Waals surface area contributed by atoms with Gasteiger partial charge in [-0.25, -0.2) is 9.78 Å². The molecule has 0 saturated heterocycles. The second-order valence-electron chi connectivity index (χ2n) is 7.85. The smallest absolute Gasteiger partial charge is 0.326 e. The highest BCUT2D eigenvalue weighted by Crippen LogP contribution is 2.06. The third-order valence-electron chi connectivity index (χ3n) is 4.61. The molecule has 1 heterocycles. The van der Waals surface area contributed by atoms with E-state index in [0.29, 0.717) is 5.69 Å². The van der Waals surface area contributed by atoms with E-state index in [-0.39, 0.29) is 6.42 Å². The number of amides is 4. The molecular weight excluding hydrogens is 454 g/mol. The van der Waals surface area contributed by atoms with E-state index in [2.05, 4.69) is 20.6 Å². The number of carbonyl (C=O) groups excluding carboxylic acids is 4. The van der Waals surface area contributed by atoms with Crippen LogP contribution in [0.1, 0.15) is 32.4 Å². The molecule has 4 atom stereocenters. The molecule has 0 spiro atoms. The average Bonchev–Trinajstić information content (AvgIpc) is 3.22. The summed E-state index contributed by atoms with van der Waals surface area (Å²) >= 11 is 0. The molecule has 1 aromatic heterocycles. The number of carboxylic acid groups (broad SMARTS) is 2. The first-order valence-corrected chi connectivity index (χ1v) is 10.2. The average molecular weight is 483 g/mol. The molecule has 34 heavy (non-hydrogen) atoms. The first kappa shape index (κ1) is 28.0. The number of carboxylic acids is 2. The van der Waals surface area contributed by atoms with Crippen molar-refractivity contribution in [1.29, 1.82) is 0 Å². The third-order valence-corrected chi connectivity index (χ3v) is 4.61. The molecule has 0 aromatic carbocycles. The van der Waals surface area contributed by atoms with Crippen molar-refractivity contribution >= 4 is 35.6 Å². The summed E-state index contributed by atoms with van der Waals surface area (Å²) in [6.45, 7) is 3.20. The van der Waals surface area contributed by atoms with Gasteiger partial charge in [-0.3, -0.25) is 24.0 Å². The molecule has 0 aliphatic rings. The zero-order chi connectivity index (χ0) is 26.0. The quantitative estimate of drug-likeness (QED) is 0.131. The summed E-state index contributed by atoms with van der Waals surface area (Å²) in [4.78, 5) is 77.9. The minimum absolute atomic E-state index is 0.110. The lowest BCUT2D eigenvalue weighted by Gasteiger charge is -2.26.